The molecule has 0 bridgehead atoms. The van der Waals surface area contributed by atoms with Crippen molar-refractivity contribution >= 4 is 40.9 Å². The van der Waals surface area contributed by atoms with E-state index in [0.29, 0.717) is 0 Å². The molecule has 0 radical (unpaired) electrons. The molecular formula is C16H13BF4N4O2S. The maximum Gasteiger partial charge on any atom is 0.673 e. The fourth-order valence-electron chi connectivity index (χ4n) is 2.92. The molecule has 0 atom stereocenters. The second-order valence-corrected chi connectivity index (χ2v) is 7.12. The van der Waals surface area contributed by atoms with Crippen LogP contribution in [0.2, 0.25) is 0 Å². The number of allylic oxidation sites excluding steroid dienone is 1. The SMILES string of the molecule is Cc1n[n+]2c3c(cnc2s1)CCC3=Cc1cccc([N+](=O)[O-])c1.F[B-](F)(F)F. The Morgan fingerprint density at radius 3 is 2.68 bits per heavy atom. The van der Waals surface area contributed by atoms with E-state index in [1.165, 1.54) is 11.6 Å². The molecule has 3 aromatic rings. The zero-order valence-electron chi connectivity index (χ0n) is 14.5. The molecule has 6 nitrogen and oxygen atoms in total. The van der Waals surface area contributed by atoms with Crippen LogP contribution in [-0.4, -0.2) is 22.3 Å². The standard InChI is InChI=1S/C16H13N4O2S.BF4/c1-10-18-19-15-12(5-6-13(15)9-17-16(19)23-10)7-11-3-2-4-14(8-11)20(21)22;2-1(3,4)5/h2-4,7-9H,5-6H2,1H3;/q+1;-1. The summed E-state index contributed by atoms with van der Waals surface area (Å²) in [5.41, 5.74) is 4.33. The van der Waals surface area contributed by atoms with Gasteiger partial charge in [-0.2, -0.15) is 0 Å². The molecule has 0 unspecified atom stereocenters. The highest BCUT2D eigenvalue weighted by atomic mass is 32.1. The summed E-state index contributed by atoms with van der Waals surface area (Å²) in [5.74, 6) is 0. The average Bonchev–Trinajstić information content (AvgIpc) is 3.16. The van der Waals surface area contributed by atoms with Gasteiger partial charge in [-0.25, -0.2) is 0 Å². The highest BCUT2D eigenvalue weighted by Crippen LogP contribution is 2.32. The topological polar surface area (TPSA) is 73.0 Å². The van der Waals surface area contributed by atoms with Crippen molar-refractivity contribution in [3.63, 3.8) is 0 Å². The summed E-state index contributed by atoms with van der Waals surface area (Å²) in [6.07, 6.45) is 5.74. The molecule has 0 saturated heterocycles. The third kappa shape index (κ3) is 4.69. The fourth-order valence-corrected chi connectivity index (χ4v) is 3.63. The maximum atomic E-state index is 10.9. The second kappa shape index (κ2) is 7.62. The number of hydrogen-bond acceptors (Lipinski definition) is 5. The minimum atomic E-state index is -6.00. The van der Waals surface area contributed by atoms with Crippen molar-refractivity contribution in [2.45, 2.75) is 19.8 Å². The van der Waals surface area contributed by atoms with Crippen LogP contribution in [0.25, 0.3) is 16.6 Å². The number of fused-ring (bicyclic) bond motifs is 3. The summed E-state index contributed by atoms with van der Waals surface area (Å²) >= 11 is 1.56. The van der Waals surface area contributed by atoms with E-state index in [-0.39, 0.29) is 10.6 Å². The van der Waals surface area contributed by atoms with Crippen LogP contribution in [0.4, 0.5) is 23.0 Å². The molecule has 0 spiro atoms. The van der Waals surface area contributed by atoms with Gasteiger partial charge in [0.05, 0.1) is 4.92 Å². The first-order valence-electron chi connectivity index (χ1n) is 8.12. The van der Waals surface area contributed by atoms with Gasteiger partial charge in [-0.1, -0.05) is 21.7 Å². The lowest BCUT2D eigenvalue weighted by Gasteiger charge is -1.99. The van der Waals surface area contributed by atoms with Crippen molar-refractivity contribution in [1.29, 1.82) is 0 Å². The molecule has 4 rings (SSSR count). The average molecular weight is 412 g/mol. The lowest BCUT2D eigenvalue weighted by molar-refractivity contribution is -0.581. The van der Waals surface area contributed by atoms with Gasteiger partial charge in [-0.3, -0.25) is 10.1 Å². The first kappa shape index (κ1) is 19.9. The summed E-state index contributed by atoms with van der Waals surface area (Å²) in [7, 11) is -6.00. The third-order valence-corrected chi connectivity index (χ3v) is 4.74. The van der Waals surface area contributed by atoms with E-state index in [0.717, 1.165) is 39.6 Å². The van der Waals surface area contributed by atoms with Gasteiger partial charge in [0, 0.05) is 23.3 Å². The molecule has 0 aliphatic heterocycles. The minimum absolute atomic E-state index is 0.106. The number of halogens is 4. The van der Waals surface area contributed by atoms with Gasteiger partial charge in [0.1, 0.15) is 11.2 Å². The van der Waals surface area contributed by atoms with Crippen molar-refractivity contribution in [2.24, 2.45) is 0 Å². The van der Waals surface area contributed by atoms with Crippen molar-refractivity contribution in [2.75, 3.05) is 0 Å². The van der Waals surface area contributed by atoms with Crippen LogP contribution in [0.1, 0.15) is 28.2 Å². The predicted octanol–water partition coefficient (Wildman–Crippen LogP) is 4.28. The molecule has 0 saturated carbocycles. The molecule has 0 fully saturated rings. The first-order valence-corrected chi connectivity index (χ1v) is 8.93. The summed E-state index contributed by atoms with van der Waals surface area (Å²) < 4.78 is 40.9. The van der Waals surface area contributed by atoms with Crippen LogP contribution >= 0.6 is 11.3 Å². The van der Waals surface area contributed by atoms with E-state index in [4.69, 9.17) is 0 Å². The number of aromatic nitrogens is 3. The fraction of sp³-hybridized carbons (Fsp3) is 0.188. The van der Waals surface area contributed by atoms with Gasteiger partial charge < -0.3 is 17.3 Å². The Morgan fingerprint density at radius 2 is 2.00 bits per heavy atom. The number of aryl methyl sites for hydroxylation is 2. The number of benzene rings is 1. The van der Waals surface area contributed by atoms with E-state index in [1.807, 2.05) is 29.8 Å². The summed E-state index contributed by atoms with van der Waals surface area (Å²) in [6, 6.07) is 6.70. The Labute approximate surface area is 160 Å². The van der Waals surface area contributed by atoms with Crippen molar-refractivity contribution in [3.05, 3.63) is 62.4 Å². The van der Waals surface area contributed by atoms with E-state index in [2.05, 4.69) is 10.1 Å². The maximum absolute atomic E-state index is 10.9. The van der Waals surface area contributed by atoms with E-state index in [1.54, 1.807) is 23.5 Å². The minimum Gasteiger partial charge on any atom is -0.418 e. The van der Waals surface area contributed by atoms with Crippen molar-refractivity contribution in [3.8, 4) is 0 Å². The molecular weight excluding hydrogens is 399 g/mol. The third-order valence-electron chi connectivity index (χ3n) is 3.90. The molecule has 2 aromatic heterocycles. The van der Waals surface area contributed by atoms with E-state index in [9.17, 15) is 27.4 Å². The number of nitrogens with zero attached hydrogens (tertiary/aromatic N) is 4. The molecule has 1 aliphatic carbocycles. The van der Waals surface area contributed by atoms with Gasteiger partial charge in [0.15, 0.2) is 5.69 Å². The molecule has 146 valence electrons. The molecule has 1 aliphatic rings. The molecule has 0 N–H and O–H groups in total. The van der Waals surface area contributed by atoms with E-state index < -0.39 is 7.25 Å². The summed E-state index contributed by atoms with van der Waals surface area (Å²) in [5, 5.41) is 16.4. The number of nitro benzene ring substituents is 1. The van der Waals surface area contributed by atoms with Gasteiger partial charge in [0.2, 0.25) is 0 Å². The van der Waals surface area contributed by atoms with Crippen LogP contribution < -0.4 is 4.52 Å². The number of hydrogen-bond donors (Lipinski definition) is 0. The number of non-ortho nitro benzene ring substituents is 1. The van der Waals surface area contributed by atoms with Gasteiger partial charge in [0.25, 0.3) is 5.69 Å². The quantitative estimate of drug-likeness (QED) is 0.207. The van der Waals surface area contributed by atoms with Crippen LogP contribution in [-0.2, 0) is 6.42 Å². The van der Waals surface area contributed by atoms with Crippen molar-refractivity contribution in [1.82, 2.24) is 10.1 Å². The zero-order chi connectivity index (χ0) is 20.5. The van der Waals surface area contributed by atoms with Gasteiger partial charge in [-0.15, -0.1) is 0 Å². The summed E-state index contributed by atoms with van der Waals surface area (Å²) in [6.45, 7) is 1.96. The monoisotopic (exact) mass is 412 g/mol. The molecule has 1 aromatic carbocycles. The number of rotatable bonds is 2. The lowest BCUT2D eigenvalue weighted by atomic mass is 10.1. The lowest BCUT2D eigenvalue weighted by Crippen LogP contribution is -2.29. The van der Waals surface area contributed by atoms with Crippen LogP contribution in [0, 0.1) is 17.0 Å². The Hall–Kier alpha value is -2.89. The zero-order valence-corrected chi connectivity index (χ0v) is 15.3. The largest absolute Gasteiger partial charge is 0.673 e. The molecule has 28 heavy (non-hydrogen) atoms. The molecule has 2 heterocycles. The number of nitro groups is 1. The van der Waals surface area contributed by atoms with E-state index >= 15 is 0 Å². The Kier molecular flexibility index (Phi) is 5.41. The Morgan fingerprint density at radius 1 is 1.29 bits per heavy atom. The van der Waals surface area contributed by atoms with Gasteiger partial charge in [-0.05, 0) is 47.7 Å². The highest BCUT2D eigenvalue weighted by molar-refractivity contribution is 7.16. The van der Waals surface area contributed by atoms with Crippen LogP contribution in [0.15, 0.2) is 30.5 Å². The van der Waals surface area contributed by atoms with Crippen LogP contribution in [0.3, 0.4) is 0 Å². The second-order valence-electron chi connectivity index (χ2n) is 5.96. The molecule has 0 amide bonds. The van der Waals surface area contributed by atoms with Gasteiger partial charge >= 0.3 is 12.2 Å². The smallest absolute Gasteiger partial charge is 0.418 e. The first-order chi connectivity index (χ1) is 13.1. The normalized spacial score (nSPS) is 14.7. The van der Waals surface area contributed by atoms with Crippen molar-refractivity contribution < 1.29 is 26.7 Å². The van der Waals surface area contributed by atoms with Crippen LogP contribution in [0.5, 0.6) is 0 Å². The summed E-state index contributed by atoms with van der Waals surface area (Å²) in [4.78, 5) is 15.9. The predicted molar refractivity (Wildman–Crippen MR) is 97.3 cm³/mol. The highest BCUT2D eigenvalue weighted by Gasteiger charge is 2.28. The molecule has 12 heteroatoms. The Balaban J connectivity index is 0.000000403. The Bertz CT molecular complexity index is 1080.